The highest BCUT2D eigenvalue weighted by molar-refractivity contribution is 6.36. The summed E-state index contributed by atoms with van der Waals surface area (Å²) in [6.45, 7) is 1.74. The minimum absolute atomic E-state index is 0.315. The molecular weight excluding hydrogens is 297 g/mol. The molecule has 20 heavy (non-hydrogen) atoms. The summed E-state index contributed by atoms with van der Waals surface area (Å²) in [6, 6.07) is 8.28. The van der Waals surface area contributed by atoms with Gasteiger partial charge in [0, 0.05) is 33.6 Å². The molecule has 0 saturated heterocycles. The number of aromatic nitrogens is 1. The van der Waals surface area contributed by atoms with Crippen molar-refractivity contribution in [3.8, 4) is 0 Å². The first-order chi connectivity index (χ1) is 9.58. The number of hydrazone groups is 1. The van der Waals surface area contributed by atoms with Gasteiger partial charge in [-0.3, -0.25) is 9.78 Å². The van der Waals surface area contributed by atoms with Crippen molar-refractivity contribution in [2.24, 2.45) is 5.10 Å². The van der Waals surface area contributed by atoms with Crippen molar-refractivity contribution in [1.29, 1.82) is 0 Å². The fourth-order valence-corrected chi connectivity index (χ4v) is 1.96. The lowest BCUT2D eigenvalue weighted by atomic mass is 10.1. The minimum atomic E-state index is -0.315. The zero-order chi connectivity index (χ0) is 14.5. The molecule has 1 heterocycles. The van der Waals surface area contributed by atoms with Crippen LogP contribution in [0.5, 0.6) is 0 Å². The van der Waals surface area contributed by atoms with Crippen molar-refractivity contribution >= 4 is 34.8 Å². The van der Waals surface area contributed by atoms with Crippen molar-refractivity contribution in [3.05, 3.63) is 63.9 Å². The standard InChI is InChI=1S/C14H11Cl2N3O/c1-9(12-8-11(15)2-3-13(12)16)18-19-14(20)10-4-6-17-7-5-10/h2-8H,1H3,(H,19,20)/b18-9-. The summed E-state index contributed by atoms with van der Waals surface area (Å²) < 4.78 is 0. The highest BCUT2D eigenvalue weighted by Gasteiger charge is 2.07. The Hall–Kier alpha value is -1.91. The van der Waals surface area contributed by atoms with Crippen molar-refractivity contribution in [1.82, 2.24) is 10.4 Å². The van der Waals surface area contributed by atoms with Crippen molar-refractivity contribution < 1.29 is 4.79 Å². The number of nitrogens with one attached hydrogen (secondary N) is 1. The molecule has 0 saturated carbocycles. The SMILES string of the molecule is C/C(=N/NC(=O)c1ccncc1)c1cc(Cl)ccc1Cl. The Bertz CT molecular complexity index is 657. The van der Waals surface area contributed by atoms with Crippen LogP contribution in [0.4, 0.5) is 0 Å². The summed E-state index contributed by atoms with van der Waals surface area (Å²) in [6.07, 6.45) is 3.08. The molecule has 0 aliphatic heterocycles. The second-order valence-electron chi connectivity index (χ2n) is 4.00. The van der Waals surface area contributed by atoms with Crippen LogP contribution in [0.15, 0.2) is 47.8 Å². The monoisotopic (exact) mass is 307 g/mol. The summed E-state index contributed by atoms with van der Waals surface area (Å²) in [4.78, 5) is 15.7. The van der Waals surface area contributed by atoms with Gasteiger partial charge in [0.1, 0.15) is 0 Å². The van der Waals surface area contributed by atoms with E-state index in [2.05, 4.69) is 15.5 Å². The van der Waals surface area contributed by atoms with E-state index in [1.807, 2.05) is 0 Å². The molecule has 0 bridgehead atoms. The van der Waals surface area contributed by atoms with Gasteiger partial charge in [-0.2, -0.15) is 5.10 Å². The van der Waals surface area contributed by atoms with Gasteiger partial charge in [0.05, 0.1) is 5.71 Å². The van der Waals surface area contributed by atoms with E-state index >= 15 is 0 Å². The van der Waals surface area contributed by atoms with Crippen LogP contribution in [-0.4, -0.2) is 16.6 Å². The van der Waals surface area contributed by atoms with Crippen LogP contribution in [0.25, 0.3) is 0 Å². The van der Waals surface area contributed by atoms with Gasteiger partial charge in [0.2, 0.25) is 0 Å². The zero-order valence-corrected chi connectivity index (χ0v) is 12.1. The number of hydrogen-bond acceptors (Lipinski definition) is 3. The molecule has 0 aliphatic carbocycles. The van der Waals surface area contributed by atoms with E-state index in [4.69, 9.17) is 23.2 Å². The molecule has 0 radical (unpaired) electrons. The molecular formula is C14H11Cl2N3O. The quantitative estimate of drug-likeness (QED) is 0.696. The third kappa shape index (κ3) is 3.56. The first kappa shape index (κ1) is 14.5. The third-order valence-electron chi connectivity index (χ3n) is 2.59. The van der Waals surface area contributed by atoms with E-state index in [0.29, 0.717) is 26.9 Å². The van der Waals surface area contributed by atoms with Crippen LogP contribution >= 0.6 is 23.2 Å². The largest absolute Gasteiger partial charge is 0.271 e. The lowest BCUT2D eigenvalue weighted by Gasteiger charge is -2.05. The number of halogens is 2. The van der Waals surface area contributed by atoms with Crippen LogP contribution in [0, 0.1) is 0 Å². The molecule has 2 aromatic rings. The summed E-state index contributed by atoms with van der Waals surface area (Å²) in [7, 11) is 0. The lowest BCUT2D eigenvalue weighted by Crippen LogP contribution is -2.19. The van der Waals surface area contributed by atoms with Crippen molar-refractivity contribution in [3.63, 3.8) is 0 Å². The Kier molecular flexibility index (Phi) is 4.71. The van der Waals surface area contributed by atoms with E-state index < -0.39 is 0 Å². The number of carbonyl (C=O) groups excluding carboxylic acids is 1. The molecule has 0 unspecified atom stereocenters. The first-order valence-electron chi connectivity index (χ1n) is 5.78. The predicted octanol–water partition coefficient (Wildman–Crippen LogP) is 3.54. The van der Waals surface area contributed by atoms with Gasteiger partial charge in [-0.05, 0) is 37.3 Å². The maximum Gasteiger partial charge on any atom is 0.271 e. The minimum Gasteiger partial charge on any atom is -0.267 e. The van der Waals surface area contributed by atoms with Gasteiger partial charge >= 0.3 is 0 Å². The molecule has 4 nitrogen and oxygen atoms in total. The van der Waals surface area contributed by atoms with E-state index in [9.17, 15) is 4.79 Å². The molecule has 1 aromatic carbocycles. The second kappa shape index (κ2) is 6.50. The van der Waals surface area contributed by atoms with Crippen molar-refractivity contribution in [2.45, 2.75) is 6.92 Å². The van der Waals surface area contributed by atoms with Gasteiger partial charge in [0.25, 0.3) is 5.91 Å². The molecule has 0 fully saturated rings. The molecule has 1 aromatic heterocycles. The van der Waals surface area contributed by atoms with Gasteiger partial charge in [-0.25, -0.2) is 5.43 Å². The summed E-state index contributed by atoms with van der Waals surface area (Å²) in [5.74, 6) is -0.315. The smallest absolute Gasteiger partial charge is 0.267 e. The Labute approximate surface area is 126 Å². The Morgan fingerprint density at radius 2 is 1.90 bits per heavy atom. The van der Waals surface area contributed by atoms with Gasteiger partial charge in [-0.15, -0.1) is 0 Å². The molecule has 1 amide bonds. The first-order valence-corrected chi connectivity index (χ1v) is 6.53. The molecule has 102 valence electrons. The normalized spacial score (nSPS) is 11.2. The lowest BCUT2D eigenvalue weighted by molar-refractivity contribution is 0.0954. The number of nitrogens with zero attached hydrogens (tertiary/aromatic N) is 2. The second-order valence-corrected chi connectivity index (χ2v) is 4.84. The number of amides is 1. The van der Waals surface area contributed by atoms with E-state index in [0.717, 1.165) is 0 Å². The van der Waals surface area contributed by atoms with Crippen LogP contribution in [0.2, 0.25) is 10.0 Å². The average Bonchev–Trinajstić information content (AvgIpc) is 2.47. The molecule has 0 spiro atoms. The average molecular weight is 308 g/mol. The fourth-order valence-electron chi connectivity index (χ4n) is 1.54. The topological polar surface area (TPSA) is 54.4 Å². The molecule has 6 heteroatoms. The third-order valence-corrected chi connectivity index (χ3v) is 3.15. The Balaban J connectivity index is 2.15. The predicted molar refractivity (Wildman–Crippen MR) is 80.4 cm³/mol. The summed E-state index contributed by atoms with van der Waals surface area (Å²) in [5, 5.41) is 5.10. The van der Waals surface area contributed by atoms with Gasteiger partial charge < -0.3 is 0 Å². The maximum absolute atomic E-state index is 11.8. The highest BCUT2D eigenvalue weighted by Crippen LogP contribution is 2.21. The van der Waals surface area contributed by atoms with E-state index in [1.54, 1.807) is 49.6 Å². The molecule has 1 N–H and O–H groups in total. The highest BCUT2D eigenvalue weighted by atomic mass is 35.5. The van der Waals surface area contributed by atoms with Crippen LogP contribution < -0.4 is 5.43 Å². The Morgan fingerprint density at radius 3 is 2.60 bits per heavy atom. The van der Waals surface area contributed by atoms with Gasteiger partial charge in [0.15, 0.2) is 0 Å². The molecule has 0 aliphatic rings. The summed E-state index contributed by atoms with van der Waals surface area (Å²) in [5.41, 5.74) is 4.19. The van der Waals surface area contributed by atoms with Crippen LogP contribution in [0.1, 0.15) is 22.8 Å². The van der Waals surface area contributed by atoms with Crippen molar-refractivity contribution in [2.75, 3.05) is 0 Å². The number of benzene rings is 1. The van der Waals surface area contributed by atoms with Crippen LogP contribution in [0.3, 0.4) is 0 Å². The van der Waals surface area contributed by atoms with Gasteiger partial charge in [-0.1, -0.05) is 23.2 Å². The van der Waals surface area contributed by atoms with E-state index in [-0.39, 0.29) is 5.91 Å². The molecule has 2 rings (SSSR count). The number of carbonyl (C=O) groups is 1. The van der Waals surface area contributed by atoms with E-state index in [1.165, 1.54) is 0 Å². The fraction of sp³-hybridized carbons (Fsp3) is 0.0714. The number of pyridine rings is 1. The number of hydrogen-bond donors (Lipinski definition) is 1. The Morgan fingerprint density at radius 1 is 1.20 bits per heavy atom. The summed E-state index contributed by atoms with van der Waals surface area (Å²) >= 11 is 12.0. The zero-order valence-electron chi connectivity index (χ0n) is 10.6. The maximum atomic E-state index is 11.8. The number of rotatable bonds is 3. The van der Waals surface area contributed by atoms with Crippen LogP contribution in [-0.2, 0) is 0 Å². The molecule has 0 atom stereocenters.